The Morgan fingerprint density at radius 2 is 1.58 bits per heavy atom. The van der Waals surface area contributed by atoms with Gasteiger partial charge in [-0.1, -0.05) is 48.5 Å². The molecule has 1 amide bonds. The second-order valence-corrected chi connectivity index (χ2v) is 8.82. The van der Waals surface area contributed by atoms with E-state index in [1.165, 1.54) is 23.4 Å². The average molecular weight is 457 g/mol. The third kappa shape index (κ3) is 4.70. The van der Waals surface area contributed by atoms with Crippen molar-refractivity contribution >= 4 is 34.6 Å². The van der Waals surface area contributed by atoms with Crippen LogP contribution in [0.25, 0.3) is 10.6 Å². The van der Waals surface area contributed by atoms with Gasteiger partial charge in [-0.25, -0.2) is 15.0 Å². The highest BCUT2D eigenvalue weighted by atomic mass is 32.1. The lowest BCUT2D eigenvalue weighted by Gasteiger charge is -2.36. The van der Waals surface area contributed by atoms with E-state index in [0.29, 0.717) is 16.4 Å². The molecule has 0 atom stereocenters. The van der Waals surface area contributed by atoms with Crippen molar-refractivity contribution in [3.8, 4) is 10.6 Å². The molecule has 0 saturated carbocycles. The fourth-order valence-corrected chi connectivity index (χ4v) is 4.87. The number of nitrogens with one attached hydrogen (secondary N) is 1. The van der Waals surface area contributed by atoms with Gasteiger partial charge in [0.25, 0.3) is 5.91 Å². The van der Waals surface area contributed by atoms with Crippen LogP contribution in [0.2, 0.25) is 0 Å². The maximum absolute atomic E-state index is 12.9. The second kappa shape index (κ2) is 9.38. The highest BCUT2D eigenvalue weighted by Crippen LogP contribution is 2.28. The number of aryl methyl sites for hydroxylation is 1. The van der Waals surface area contributed by atoms with Gasteiger partial charge in [0.2, 0.25) is 0 Å². The van der Waals surface area contributed by atoms with Gasteiger partial charge in [-0.3, -0.25) is 4.79 Å². The number of para-hydroxylation sites is 1. The third-order valence-electron chi connectivity index (χ3n) is 5.64. The van der Waals surface area contributed by atoms with E-state index in [1.54, 1.807) is 0 Å². The van der Waals surface area contributed by atoms with Crippen LogP contribution in [0.3, 0.4) is 0 Å². The van der Waals surface area contributed by atoms with Crippen LogP contribution in [0, 0.1) is 6.92 Å². The summed E-state index contributed by atoms with van der Waals surface area (Å²) in [4.78, 5) is 31.4. The normalized spacial score (nSPS) is 13.7. The van der Waals surface area contributed by atoms with Crippen LogP contribution in [0.5, 0.6) is 0 Å². The number of piperazine rings is 1. The van der Waals surface area contributed by atoms with E-state index in [1.807, 2.05) is 49.4 Å². The van der Waals surface area contributed by atoms with Crippen molar-refractivity contribution < 1.29 is 4.79 Å². The van der Waals surface area contributed by atoms with E-state index in [9.17, 15) is 4.79 Å². The summed E-state index contributed by atoms with van der Waals surface area (Å²) in [7, 11) is 0. The zero-order valence-corrected chi connectivity index (χ0v) is 19.1. The Morgan fingerprint density at radius 1 is 0.909 bits per heavy atom. The summed E-state index contributed by atoms with van der Waals surface area (Å²) in [6.07, 6.45) is 1.50. The molecule has 1 aliphatic heterocycles. The first-order valence-corrected chi connectivity index (χ1v) is 11.7. The summed E-state index contributed by atoms with van der Waals surface area (Å²) in [5.74, 6) is 1.11. The van der Waals surface area contributed by atoms with E-state index in [4.69, 9.17) is 0 Å². The molecular formula is C25H24N6OS. The van der Waals surface area contributed by atoms with Crippen LogP contribution in [0.4, 0.5) is 17.3 Å². The lowest BCUT2D eigenvalue weighted by Crippen LogP contribution is -2.46. The van der Waals surface area contributed by atoms with Gasteiger partial charge in [0.1, 0.15) is 27.8 Å². The van der Waals surface area contributed by atoms with Crippen molar-refractivity contribution in [1.82, 2.24) is 15.0 Å². The minimum Gasteiger partial charge on any atom is -0.368 e. The number of carbonyl (C=O) groups is 1. The summed E-state index contributed by atoms with van der Waals surface area (Å²) in [5, 5.41) is 3.75. The number of nitrogens with zero attached hydrogens (tertiary/aromatic N) is 5. The fraction of sp³-hybridized carbons (Fsp3) is 0.200. The molecule has 5 rings (SSSR count). The Balaban J connectivity index is 1.26. The maximum Gasteiger partial charge on any atom is 0.268 e. The minimum atomic E-state index is -0.203. The number of carbonyl (C=O) groups excluding carboxylic acids is 1. The lowest BCUT2D eigenvalue weighted by atomic mass is 10.2. The molecule has 4 aromatic rings. The fourth-order valence-electron chi connectivity index (χ4n) is 3.91. The number of amides is 1. The van der Waals surface area contributed by atoms with E-state index in [2.05, 4.69) is 54.3 Å². The van der Waals surface area contributed by atoms with Crippen molar-refractivity contribution in [1.29, 1.82) is 0 Å². The van der Waals surface area contributed by atoms with Crippen molar-refractivity contribution in [3.05, 3.63) is 83.6 Å². The third-order valence-corrected chi connectivity index (χ3v) is 6.85. The summed E-state index contributed by atoms with van der Waals surface area (Å²) >= 11 is 1.39. The Kier molecular flexibility index (Phi) is 5.99. The van der Waals surface area contributed by atoms with Crippen molar-refractivity contribution in [2.45, 2.75) is 6.92 Å². The van der Waals surface area contributed by atoms with Gasteiger partial charge in [-0.2, -0.15) is 0 Å². The molecule has 2 aromatic heterocycles. The lowest BCUT2D eigenvalue weighted by molar-refractivity contribution is 0.102. The van der Waals surface area contributed by atoms with Crippen molar-refractivity contribution in [2.24, 2.45) is 0 Å². The minimum absolute atomic E-state index is 0.203. The van der Waals surface area contributed by atoms with Gasteiger partial charge in [0.15, 0.2) is 0 Å². The molecule has 0 unspecified atom stereocenters. The van der Waals surface area contributed by atoms with E-state index >= 15 is 0 Å². The van der Waals surface area contributed by atoms with Crippen LogP contribution >= 0.6 is 11.3 Å². The Bertz CT molecular complexity index is 1240. The van der Waals surface area contributed by atoms with Gasteiger partial charge in [0, 0.05) is 43.5 Å². The molecule has 1 saturated heterocycles. The average Bonchev–Trinajstić information content (AvgIpc) is 3.27. The van der Waals surface area contributed by atoms with Gasteiger partial charge >= 0.3 is 0 Å². The maximum atomic E-state index is 12.9. The number of benzene rings is 2. The highest BCUT2D eigenvalue weighted by Gasteiger charge is 2.20. The summed E-state index contributed by atoms with van der Waals surface area (Å²) < 4.78 is 0. The zero-order chi connectivity index (χ0) is 22.6. The topological polar surface area (TPSA) is 74.2 Å². The largest absolute Gasteiger partial charge is 0.368 e. The van der Waals surface area contributed by atoms with E-state index in [-0.39, 0.29) is 5.91 Å². The predicted molar refractivity (Wildman–Crippen MR) is 133 cm³/mol. The predicted octanol–water partition coefficient (Wildman–Crippen LogP) is 4.49. The quantitative estimate of drug-likeness (QED) is 0.477. The Labute approximate surface area is 196 Å². The monoisotopic (exact) mass is 456 g/mol. The van der Waals surface area contributed by atoms with Gasteiger partial charge < -0.3 is 15.1 Å². The number of aromatic nitrogens is 3. The van der Waals surface area contributed by atoms with Crippen LogP contribution in [-0.4, -0.2) is 47.0 Å². The molecule has 8 heteroatoms. The summed E-state index contributed by atoms with van der Waals surface area (Å²) in [6.45, 7) is 5.40. The first-order valence-electron chi connectivity index (χ1n) is 10.9. The number of rotatable bonds is 5. The molecule has 0 radical (unpaired) electrons. The van der Waals surface area contributed by atoms with Crippen LogP contribution in [0.15, 0.2) is 73.1 Å². The first kappa shape index (κ1) is 21.1. The van der Waals surface area contributed by atoms with Crippen LogP contribution in [-0.2, 0) is 0 Å². The summed E-state index contributed by atoms with van der Waals surface area (Å²) in [6, 6.07) is 22.2. The molecule has 7 nitrogen and oxygen atoms in total. The van der Waals surface area contributed by atoms with Gasteiger partial charge in [-0.05, 0) is 19.1 Å². The molecule has 1 N–H and O–H groups in total. The SMILES string of the molecule is Cc1nc(-c2ccccc2)sc1C(=O)Nc1cc(N2CCN(c3ccccc3)CC2)ncn1. The molecule has 1 fully saturated rings. The molecular weight excluding hydrogens is 432 g/mol. The standard InChI is InChI=1S/C25H24N6OS/c1-18-23(33-25(28-18)19-8-4-2-5-9-19)24(32)29-21-16-22(27-17-26-21)31-14-12-30(13-15-31)20-10-6-3-7-11-20/h2-11,16-17H,12-15H2,1H3,(H,26,27,29,32). The molecule has 33 heavy (non-hydrogen) atoms. The van der Waals surface area contributed by atoms with E-state index < -0.39 is 0 Å². The summed E-state index contributed by atoms with van der Waals surface area (Å²) in [5.41, 5.74) is 2.95. The smallest absolute Gasteiger partial charge is 0.268 e. The number of anilines is 3. The van der Waals surface area contributed by atoms with Gasteiger partial charge in [0.05, 0.1) is 5.69 Å². The Morgan fingerprint density at radius 3 is 2.30 bits per heavy atom. The van der Waals surface area contributed by atoms with Crippen molar-refractivity contribution in [2.75, 3.05) is 41.3 Å². The number of thiazole rings is 1. The second-order valence-electron chi connectivity index (χ2n) is 7.82. The number of hydrogen-bond donors (Lipinski definition) is 1. The first-order chi connectivity index (χ1) is 16.2. The van der Waals surface area contributed by atoms with E-state index in [0.717, 1.165) is 42.6 Å². The molecule has 2 aromatic carbocycles. The number of hydrogen-bond acceptors (Lipinski definition) is 7. The van der Waals surface area contributed by atoms with Crippen molar-refractivity contribution in [3.63, 3.8) is 0 Å². The van der Waals surface area contributed by atoms with Crippen LogP contribution in [0.1, 0.15) is 15.4 Å². The highest BCUT2D eigenvalue weighted by molar-refractivity contribution is 7.17. The molecule has 166 valence electrons. The van der Waals surface area contributed by atoms with Crippen LogP contribution < -0.4 is 15.1 Å². The Hall–Kier alpha value is -3.78. The zero-order valence-electron chi connectivity index (χ0n) is 18.3. The molecule has 0 bridgehead atoms. The molecule has 0 aliphatic carbocycles. The molecule has 3 heterocycles. The molecule has 0 spiro atoms. The van der Waals surface area contributed by atoms with Gasteiger partial charge in [-0.15, -0.1) is 11.3 Å². The molecule has 1 aliphatic rings.